The van der Waals surface area contributed by atoms with E-state index in [1.807, 2.05) is 30.3 Å². The number of hydrogen-bond acceptors (Lipinski definition) is 7. The number of aliphatic imine (C=N–C) groups is 1. The first-order valence-electron chi connectivity index (χ1n) is 9.37. The maximum atomic E-state index is 12.1. The van der Waals surface area contributed by atoms with Crippen LogP contribution >= 0.6 is 11.8 Å². The van der Waals surface area contributed by atoms with Crippen molar-refractivity contribution in [2.45, 2.75) is 16.7 Å². The van der Waals surface area contributed by atoms with Gasteiger partial charge in [0.25, 0.3) is 0 Å². The van der Waals surface area contributed by atoms with E-state index in [0.717, 1.165) is 22.0 Å². The smallest absolute Gasteiger partial charge is 0.412 e. The summed E-state index contributed by atoms with van der Waals surface area (Å²) in [5.41, 5.74) is 2.05. The Balaban J connectivity index is 1.50. The normalized spacial score (nSPS) is 15.6. The van der Waals surface area contributed by atoms with Crippen molar-refractivity contribution in [1.29, 1.82) is 0 Å². The minimum absolute atomic E-state index is 0.359. The summed E-state index contributed by atoms with van der Waals surface area (Å²) in [4.78, 5) is 34.0. The molecule has 1 amide bonds. The lowest BCUT2D eigenvalue weighted by Crippen LogP contribution is -2.51. The molecule has 0 aromatic heterocycles. The predicted octanol–water partition coefficient (Wildman–Crippen LogP) is 3.50. The highest BCUT2D eigenvalue weighted by molar-refractivity contribution is 7.99. The minimum atomic E-state index is -0.481. The summed E-state index contributed by atoms with van der Waals surface area (Å²) in [7, 11) is 0. The highest BCUT2D eigenvalue weighted by atomic mass is 32.2. The molecule has 29 heavy (non-hydrogen) atoms. The average Bonchev–Trinajstić information content (AvgIpc) is 2.90. The zero-order valence-electron chi connectivity index (χ0n) is 16.0. The van der Waals surface area contributed by atoms with Crippen LogP contribution < -0.4 is 0 Å². The molecule has 2 heterocycles. The number of hydrogen-bond donors (Lipinski definition) is 0. The van der Waals surface area contributed by atoms with Crippen LogP contribution in [-0.2, 0) is 14.3 Å². The van der Waals surface area contributed by atoms with E-state index in [2.05, 4.69) is 27.8 Å². The largest absolute Gasteiger partial charge is 0.428 e. The highest BCUT2D eigenvalue weighted by Gasteiger charge is 2.27. The molecule has 1 saturated heterocycles. The first-order chi connectivity index (χ1) is 14.1. The number of esters is 1. The molecule has 7 nitrogen and oxygen atoms in total. The van der Waals surface area contributed by atoms with Crippen molar-refractivity contribution in [1.82, 2.24) is 9.80 Å². The van der Waals surface area contributed by atoms with Crippen molar-refractivity contribution >= 4 is 35.3 Å². The Morgan fingerprint density at radius 1 is 0.966 bits per heavy atom. The maximum absolute atomic E-state index is 12.1. The molecule has 2 aliphatic heterocycles. The minimum Gasteiger partial charge on any atom is -0.428 e. The van der Waals surface area contributed by atoms with E-state index in [1.165, 1.54) is 11.8 Å². The molecule has 150 valence electrons. The van der Waals surface area contributed by atoms with Crippen molar-refractivity contribution in [3.8, 4) is 0 Å². The summed E-state index contributed by atoms with van der Waals surface area (Å²) in [6.45, 7) is 3.21. The zero-order chi connectivity index (χ0) is 20.2. The highest BCUT2D eigenvalue weighted by Crippen LogP contribution is 2.40. The first kappa shape index (κ1) is 19.3. The number of carbonyl (C=O) groups is 2. The molecule has 0 saturated carbocycles. The first-order valence-corrected chi connectivity index (χ1v) is 10.2. The fraction of sp³-hybridized carbons (Fsp3) is 0.286. The van der Waals surface area contributed by atoms with Crippen LogP contribution in [0.3, 0.4) is 0 Å². The van der Waals surface area contributed by atoms with E-state index in [4.69, 9.17) is 9.73 Å². The molecule has 1 fully saturated rings. The van der Waals surface area contributed by atoms with Gasteiger partial charge in [0.05, 0.1) is 5.69 Å². The second-order valence-corrected chi connectivity index (χ2v) is 7.72. The monoisotopic (exact) mass is 411 g/mol. The molecule has 2 aromatic carbocycles. The Bertz CT molecular complexity index is 954. The molecule has 0 radical (unpaired) electrons. The molecule has 0 aliphatic carbocycles. The van der Waals surface area contributed by atoms with Crippen molar-refractivity contribution in [3.05, 3.63) is 54.1 Å². The standard InChI is InChI=1S/C21H21N3O4S/c1-15(25)27-14-28-21(26)24-12-10-23(11-13-24)20-16-6-2-4-8-18(16)29-19-9-5-3-7-17(19)22-20/h2-9H,10-14H2,1H3. The van der Waals surface area contributed by atoms with E-state index in [0.29, 0.717) is 26.2 Å². The molecule has 0 N–H and O–H groups in total. The number of para-hydroxylation sites is 1. The van der Waals surface area contributed by atoms with Crippen molar-refractivity contribution in [2.75, 3.05) is 33.0 Å². The van der Waals surface area contributed by atoms with Crippen LogP contribution in [0.4, 0.5) is 10.5 Å². The van der Waals surface area contributed by atoms with Crippen LogP contribution in [0.15, 0.2) is 63.3 Å². The number of fused-ring (bicyclic) bond motifs is 2. The number of carbonyl (C=O) groups excluding carboxylic acids is 2. The van der Waals surface area contributed by atoms with Gasteiger partial charge in [-0.05, 0) is 18.2 Å². The lowest BCUT2D eigenvalue weighted by molar-refractivity contribution is -0.149. The van der Waals surface area contributed by atoms with Gasteiger partial charge in [0.2, 0.25) is 6.79 Å². The van der Waals surface area contributed by atoms with E-state index in [-0.39, 0.29) is 6.79 Å². The topological polar surface area (TPSA) is 71.4 Å². The van der Waals surface area contributed by atoms with Crippen LogP contribution in [0.1, 0.15) is 12.5 Å². The second kappa shape index (κ2) is 8.57. The number of amidine groups is 1. The molecular weight excluding hydrogens is 390 g/mol. The lowest BCUT2D eigenvalue weighted by Gasteiger charge is -2.36. The number of amides is 1. The van der Waals surface area contributed by atoms with Crippen LogP contribution in [0.5, 0.6) is 0 Å². The summed E-state index contributed by atoms with van der Waals surface area (Å²) in [5, 5.41) is 0. The Morgan fingerprint density at radius 3 is 2.41 bits per heavy atom. The SMILES string of the molecule is CC(=O)OCOC(=O)N1CCN(C2=Nc3ccccc3Sc3ccccc32)CC1. The predicted molar refractivity (Wildman–Crippen MR) is 109 cm³/mol. The summed E-state index contributed by atoms with van der Waals surface area (Å²) in [6.07, 6.45) is -0.477. The van der Waals surface area contributed by atoms with Crippen molar-refractivity contribution in [3.63, 3.8) is 0 Å². The Labute approximate surface area is 173 Å². The quantitative estimate of drug-likeness (QED) is 0.556. The van der Waals surface area contributed by atoms with Gasteiger partial charge in [-0.25, -0.2) is 9.79 Å². The number of ether oxygens (including phenoxy) is 2. The molecule has 0 bridgehead atoms. The van der Waals surface area contributed by atoms with Gasteiger partial charge >= 0.3 is 12.1 Å². The van der Waals surface area contributed by atoms with E-state index >= 15 is 0 Å². The Hall–Kier alpha value is -3.00. The summed E-state index contributed by atoms with van der Waals surface area (Å²) in [5.74, 6) is 0.441. The zero-order valence-corrected chi connectivity index (χ0v) is 16.9. The van der Waals surface area contributed by atoms with Gasteiger partial charge in [0.1, 0.15) is 5.84 Å². The van der Waals surface area contributed by atoms with Crippen LogP contribution in [0.2, 0.25) is 0 Å². The Morgan fingerprint density at radius 2 is 1.66 bits per heavy atom. The second-order valence-electron chi connectivity index (χ2n) is 6.64. The number of benzene rings is 2. The van der Waals surface area contributed by atoms with Gasteiger partial charge in [-0.3, -0.25) is 4.79 Å². The van der Waals surface area contributed by atoms with Gasteiger partial charge in [0.15, 0.2) is 0 Å². The van der Waals surface area contributed by atoms with Gasteiger partial charge in [-0.2, -0.15) is 0 Å². The van der Waals surface area contributed by atoms with Crippen molar-refractivity contribution in [2.24, 2.45) is 4.99 Å². The molecule has 0 unspecified atom stereocenters. The summed E-state index contributed by atoms with van der Waals surface area (Å²) < 4.78 is 9.65. The van der Waals surface area contributed by atoms with Crippen LogP contribution in [-0.4, -0.2) is 60.7 Å². The van der Waals surface area contributed by atoms with Gasteiger partial charge < -0.3 is 19.3 Å². The molecule has 4 rings (SSSR count). The molecule has 8 heteroatoms. The molecule has 0 spiro atoms. The fourth-order valence-electron chi connectivity index (χ4n) is 3.27. The number of piperazine rings is 1. The van der Waals surface area contributed by atoms with Crippen LogP contribution in [0.25, 0.3) is 0 Å². The third kappa shape index (κ3) is 4.37. The molecule has 2 aromatic rings. The van der Waals surface area contributed by atoms with Gasteiger partial charge in [-0.15, -0.1) is 0 Å². The molecule has 2 aliphatic rings. The number of nitrogens with zero attached hydrogens (tertiary/aromatic N) is 3. The number of rotatable bonds is 2. The van der Waals surface area contributed by atoms with E-state index in [9.17, 15) is 9.59 Å². The fourth-order valence-corrected chi connectivity index (χ4v) is 4.28. The summed E-state index contributed by atoms with van der Waals surface area (Å²) >= 11 is 1.72. The maximum Gasteiger partial charge on any atom is 0.412 e. The van der Waals surface area contributed by atoms with Gasteiger partial charge in [0, 0.05) is 48.5 Å². The van der Waals surface area contributed by atoms with Gasteiger partial charge in [-0.1, -0.05) is 42.1 Å². The Kier molecular flexibility index (Phi) is 5.71. The molecule has 0 atom stereocenters. The van der Waals surface area contributed by atoms with E-state index in [1.54, 1.807) is 16.7 Å². The van der Waals surface area contributed by atoms with Crippen LogP contribution in [0, 0.1) is 0 Å². The lowest BCUT2D eigenvalue weighted by atomic mass is 10.1. The third-order valence-corrected chi connectivity index (χ3v) is 5.86. The average molecular weight is 411 g/mol. The molecular formula is C21H21N3O4S. The van der Waals surface area contributed by atoms with E-state index < -0.39 is 12.1 Å². The summed E-state index contributed by atoms with van der Waals surface area (Å²) in [6, 6.07) is 16.4. The third-order valence-electron chi connectivity index (χ3n) is 4.72. The van der Waals surface area contributed by atoms with Crippen molar-refractivity contribution < 1.29 is 19.1 Å².